The number of hydrogen-bond acceptors (Lipinski definition) is 5. The minimum Gasteiger partial charge on any atom is -0.480 e. The molecular weight excluding hydrogens is 362 g/mol. The second-order valence-corrected chi connectivity index (χ2v) is 6.80. The maximum absolute atomic E-state index is 12.9. The van der Waals surface area contributed by atoms with Crippen LogP contribution in [-0.2, 0) is 9.59 Å². The Morgan fingerprint density at radius 2 is 2.07 bits per heavy atom. The molecule has 1 unspecified atom stereocenters. The van der Waals surface area contributed by atoms with Gasteiger partial charge in [-0.2, -0.15) is 5.10 Å². The summed E-state index contributed by atoms with van der Waals surface area (Å²) in [4.78, 5) is 42.9. The average molecular weight is 385 g/mol. The van der Waals surface area contributed by atoms with E-state index in [-0.39, 0.29) is 24.4 Å². The van der Waals surface area contributed by atoms with Crippen LogP contribution in [0.2, 0.25) is 0 Å². The summed E-state index contributed by atoms with van der Waals surface area (Å²) in [6.07, 6.45) is 8.47. The summed E-state index contributed by atoms with van der Waals surface area (Å²) < 4.78 is 1.60. The van der Waals surface area contributed by atoms with E-state index in [0.717, 1.165) is 5.69 Å². The van der Waals surface area contributed by atoms with Gasteiger partial charge in [-0.25, -0.2) is 4.68 Å². The van der Waals surface area contributed by atoms with Crippen LogP contribution in [0.25, 0.3) is 5.69 Å². The number of rotatable bonds is 5. The minimum absolute atomic E-state index is 0.122. The molecule has 3 heterocycles. The van der Waals surface area contributed by atoms with Crippen molar-refractivity contribution in [1.29, 1.82) is 0 Å². The third-order valence-electron chi connectivity index (χ3n) is 4.88. The van der Waals surface area contributed by atoms with Gasteiger partial charge in [0.05, 0.1) is 23.6 Å². The lowest BCUT2D eigenvalue weighted by molar-refractivity contribution is -0.145. The third kappa shape index (κ3) is 4.54. The number of carbonyl (C=O) groups is 3. The molecule has 9 nitrogen and oxygen atoms in total. The molecular formula is C19H23N5O4. The molecule has 1 atom stereocenters. The Hall–Kier alpha value is -3.23. The Bertz CT molecular complexity index is 851. The zero-order valence-electron chi connectivity index (χ0n) is 15.7. The molecule has 9 heteroatoms. The molecule has 0 aromatic carbocycles. The number of aromatic nitrogens is 3. The highest BCUT2D eigenvalue weighted by Gasteiger charge is 2.28. The number of carbonyl (C=O) groups excluding carboxylic acids is 2. The Kier molecular flexibility index (Phi) is 6.03. The first-order valence-electron chi connectivity index (χ1n) is 9.19. The number of nitrogens with zero attached hydrogens (tertiary/aromatic N) is 5. The second-order valence-electron chi connectivity index (χ2n) is 6.80. The number of carboxylic acid groups (broad SMARTS) is 1. The van der Waals surface area contributed by atoms with Crippen LogP contribution in [0.15, 0.2) is 36.9 Å². The lowest BCUT2D eigenvalue weighted by atomic mass is 10.1. The van der Waals surface area contributed by atoms with Crippen molar-refractivity contribution in [3.8, 4) is 5.69 Å². The molecule has 2 aromatic rings. The highest BCUT2D eigenvalue weighted by molar-refractivity contribution is 5.93. The molecule has 0 radical (unpaired) electrons. The third-order valence-corrected chi connectivity index (χ3v) is 4.88. The number of hydrogen-bond donors (Lipinski definition) is 1. The molecule has 148 valence electrons. The maximum atomic E-state index is 12.9. The zero-order valence-corrected chi connectivity index (χ0v) is 15.7. The number of amides is 2. The van der Waals surface area contributed by atoms with Crippen LogP contribution in [0.5, 0.6) is 0 Å². The number of pyridine rings is 1. The van der Waals surface area contributed by atoms with Crippen LogP contribution in [0, 0.1) is 0 Å². The molecule has 0 saturated carbocycles. The SMILES string of the molecule is CC(=O)N(CC(=O)O)C1CCCN(C(=O)c2cnn(-c3cccnc3)c2)CC1. The van der Waals surface area contributed by atoms with Gasteiger partial charge < -0.3 is 14.9 Å². The fourth-order valence-corrected chi connectivity index (χ4v) is 3.48. The highest BCUT2D eigenvalue weighted by atomic mass is 16.4. The van der Waals surface area contributed by atoms with Gasteiger partial charge in [-0.1, -0.05) is 0 Å². The largest absolute Gasteiger partial charge is 0.480 e. The molecule has 1 N–H and O–H groups in total. The summed E-state index contributed by atoms with van der Waals surface area (Å²) >= 11 is 0. The van der Waals surface area contributed by atoms with Gasteiger partial charge in [0, 0.05) is 38.4 Å². The highest BCUT2D eigenvalue weighted by Crippen LogP contribution is 2.19. The van der Waals surface area contributed by atoms with Crippen molar-refractivity contribution >= 4 is 17.8 Å². The van der Waals surface area contributed by atoms with Crippen LogP contribution in [0.1, 0.15) is 36.5 Å². The van der Waals surface area contributed by atoms with Crippen LogP contribution < -0.4 is 0 Å². The normalized spacial score (nSPS) is 17.0. The van der Waals surface area contributed by atoms with Gasteiger partial charge in [0.2, 0.25) is 5.91 Å². The van der Waals surface area contributed by atoms with Gasteiger partial charge in [-0.3, -0.25) is 19.4 Å². The first kappa shape index (κ1) is 19.5. The molecule has 2 aromatic heterocycles. The fourth-order valence-electron chi connectivity index (χ4n) is 3.48. The van der Waals surface area contributed by atoms with Gasteiger partial charge in [-0.05, 0) is 31.4 Å². The summed E-state index contributed by atoms with van der Waals surface area (Å²) in [7, 11) is 0. The van der Waals surface area contributed by atoms with Crippen molar-refractivity contribution in [1.82, 2.24) is 24.6 Å². The fraction of sp³-hybridized carbons (Fsp3) is 0.421. The summed E-state index contributed by atoms with van der Waals surface area (Å²) in [5.41, 5.74) is 1.25. The Morgan fingerprint density at radius 1 is 1.25 bits per heavy atom. The number of aliphatic carboxylic acids is 1. The molecule has 1 aliphatic rings. The van der Waals surface area contributed by atoms with E-state index in [4.69, 9.17) is 5.11 Å². The van der Waals surface area contributed by atoms with Crippen molar-refractivity contribution in [2.75, 3.05) is 19.6 Å². The van der Waals surface area contributed by atoms with Crippen LogP contribution >= 0.6 is 0 Å². The van der Waals surface area contributed by atoms with E-state index in [1.165, 1.54) is 18.0 Å². The molecule has 2 amide bonds. The van der Waals surface area contributed by atoms with Gasteiger partial charge in [0.25, 0.3) is 5.91 Å². The Morgan fingerprint density at radius 3 is 2.75 bits per heavy atom. The summed E-state index contributed by atoms with van der Waals surface area (Å²) in [6.45, 7) is 2.09. The van der Waals surface area contributed by atoms with E-state index in [0.29, 0.717) is 37.9 Å². The van der Waals surface area contributed by atoms with E-state index in [1.807, 2.05) is 6.07 Å². The molecule has 1 saturated heterocycles. The van der Waals surface area contributed by atoms with E-state index in [1.54, 1.807) is 34.2 Å². The molecule has 28 heavy (non-hydrogen) atoms. The lowest BCUT2D eigenvalue weighted by Gasteiger charge is -2.28. The van der Waals surface area contributed by atoms with Gasteiger partial charge in [-0.15, -0.1) is 0 Å². The lowest BCUT2D eigenvalue weighted by Crippen LogP contribution is -2.43. The van der Waals surface area contributed by atoms with E-state index < -0.39 is 5.97 Å². The first-order valence-corrected chi connectivity index (χ1v) is 9.19. The topological polar surface area (TPSA) is 109 Å². The van der Waals surface area contributed by atoms with Crippen LogP contribution in [-0.4, -0.2) is 73.1 Å². The second kappa shape index (κ2) is 8.64. The van der Waals surface area contributed by atoms with Crippen LogP contribution in [0.3, 0.4) is 0 Å². The maximum Gasteiger partial charge on any atom is 0.323 e. The smallest absolute Gasteiger partial charge is 0.323 e. The predicted molar refractivity (Wildman–Crippen MR) is 99.9 cm³/mol. The van der Waals surface area contributed by atoms with Crippen molar-refractivity contribution in [3.05, 3.63) is 42.5 Å². The summed E-state index contributed by atoms with van der Waals surface area (Å²) in [6, 6.07) is 3.47. The van der Waals surface area contributed by atoms with E-state index in [9.17, 15) is 14.4 Å². The van der Waals surface area contributed by atoms with E-state index >= 15 is 0 Å². The molecule has 1 fully saturated rings. The minimum atomic E-state index is -1.03. The molecule has 1 aliphatic heterocycles. The average Bonchev–Trinajstić information content (AvgIpc) is 3.05. The summed E-state index contributed by atoms with van der Waals surface area (Å²) in [5, 5.41) is 13.3. The quantitative estimate of drug-likeness (QED) is 0.828. The molecule has 0 aliphatic carbocycles. The van der Waals surface area contributed by atoms with Crippen molar-refractivity contribution in [2.24, 2.45) is 0 Å². The zero-order chi connectivity index (χ0) is 20.1. The first-order chi connectivity index (χ1) is 13.5. The van der Waals surface area contributed by atoms with Crippen molar-refractivity contribution in [3.63, 3.8) is 0 Å². The van der Waals surface area contributed by atoms with E-state index in [2.05, 4.69) is 10.1 Å². The molecule has 0 bridgehead atoms. The van der Waals surface area contributed by atoms with Gasteiger partial charge in [0.1, 0.15) is 6.54 Å². The molecule has 0 spiro atoms. The van der Waals surface area contributed by atoms with Crippen molar-refractivity contribution < 1.29 is 19.5 Å². The van der Waals surface area contributed by atoms with Crippen molar-refractivity contribution in [2.45, 2.75) is 32.2 Å². The summed E-state index contributed by atoms with van der Waals surface area (Å²) in [5.74, 6) is -1.41. The van der Waals surface area contributed by atoms with Gasteiger partial charge >= 0.3 is 5.97 Å². The standard InChI is InChI=1S/C19H23N5O4/c1-14(25)23(13-18(26)27)16-5-3-8-22(9-6-16)19(28)15-10-21-24(12-15)17-4-2-7-20-11-17/h2,4,7,10-12,16H,3,5-6,8-9,13H2,1H3,(H,26,27). The number of likely N-dealkylation sites (tertiary alicyclic amines) is 1. The van der Waals surface area contributed by atoms with Gasteiger partial charge in [0.15, 0.2) is 0 Å². The molecule has 3 rings (SSSR count). The Labute approximate surface area is 162 Å². The Balaban J connectivity index is 1.67. The predicted octanol–water partition coefficient (Wildman–Crippen LogP) is 1.20. The monoisotopic (exact) mass is 385 g/mol. The van der Waals surface area contributed by atoms with Crippen LogP contribution in [0.4, 0.5) is 0 Å². The number of carboxylic acids is 1.